The molecule has 1 heterocycles. The zero-order chi connectivity index (χ0) is 19.4. The van der Waals surface area contributed by atoms with Gasteiger partial charge in [0.25, 0.3) is 5.91 Å². The molecule has 1 N–H and O–H groups in total. The molecule has 0 saturated carbocycles. The molecule has 6 nitrogen and oxygen atoms in total. The molecule has 1 amide bonds. The fraction of sp³-hybridized carbons (Fsp3) is 0.200. The summed E-state index contributed by atoms with van der Waals surface area (Å²) in [7, 11) is 5.04. The molecule has 0 aliphatic heterocycles. The third-order valence-corrected chi connectivity index (χ3v) is 4.42. The van der Waals surface area contributed by atoms with Crippen molar-refractivity contribution in [1.29, 1.82) is 0 Å². The molecular formula is C20H20ClN3O3. The quantitative estimate of drug-likeness (QED) is 0.704. The number of hydrogen-bond acceptors (Lipinski definition) is 4. The average Bonchev–Trinajstić information content (AvgIpc) is 3.11. The second-order valence-corrected chi connectivity index (χ2v) is 6.40. The Hall–Kier alpha value is -2.99. The molecule has 2 aromatic carbocycles. The van der Waals surface area contributed by atoms with Gasteiger partial charge in [-0.05, 0) is 35.9 Å². The molecule has 0 fully saturated rings. The fourth-order valence-corrected chi connectivity index (χ4v) is 2.98. The van der Waals surface area contributed by atoms with Gasteiger partial charge in [-0.2, -0.15) is 0 Å². The molecule has 0 radical (unpaired) electrons. The third kappa shape index (κ3) is 4.23. The van der Waals surface area contributed by atoms with Gasteiger partial charge in [0.15, 0.2) is 0 Å². The number of carbonyl (C=O) groups excluding carboxylic acids is 1. The van der Waals surface area contributed by atoms with E-state index in [0.29, 0.717) is 27.9 Å². The molecule has 0 saturated heterocycles. The van der Waals surface area contributed by atoms with Gasteiger partial charge in [0.2, 0.25) is 0 Å². The second kappa shape index (κ2) is 8.14. The number of amides is 1. The van der Waals surface area contributed by atoms with Crippen LogP contribution in [0.1, 0.15) is 27.8 Å². The van der Waals surface area contributed by atoms with E-state index >= 15 is 0 Å². The Morgan fingerprint density at radius 2 is 1.85 bits per heavy atom. The number of nitrogens with one attached hydrogen (secondary N) is 1. The number of carbonyl (C=O) groups is 1. The van der Waals surface area contributed by atoms with Crippen molar-refractivity contribution in [2.75, 3.05) is 14.2 Å². The van der Waals surface area contributed by atoms with Crippen LogP contribution in [0.3, 0.4) is 0 Å². The number of rotatable bonds is 6. The lowest BCUT2D eigenvalue weighted by atomic mass is 10.0. The number of hydrogen-bond donors (Lipinski definition) is 1. The summed E-state index contributed by atoms with van der Waals surface area (Å²) in [5.41, 5.74) is 1.26. The van der Waals surface area contributed by atoms with Gasteiger partial charge in [0.1, 0.15) is 23.4 Å². The molecule has 7 heteroatoms. The number of imidazole rings is 1. The monoisotopic (exact) mass is 385 g/mol. The van der Waals surface area contributed by atoms with Gasteiger partial charge in [-0.1, -0.05) is 17.7 Å². The first kappa shape index (κ1) is 18.8. The lowest BCUT2D eigenvalue weighted by Gasteiger charge is -2.20. The Bertz CT molecular complexity index is 933. The lowest BCUT2D eigenvalue weighted by Crippen LogP contribution is -2.31. The van der Waals surface area contributed by atoms with E-state index in [4.69, 9.17) is 21.1 Å². The van der Waals surface area contributed by atoms with Crippen LogP contribution in [0.2, 0.25) is 5.02 Å². The largest absolute Gasteiger partial charge is 0.497 e. The number of benzene rings is 2. The van der Waals surface area contributed by atoms with Crippen LogP contribution in [-0.4, -0.2) is 29.7 Å². The first-order chi connectivity index (χ1) is 13.0. The Labute approximate surface area is 162 Å². The van der Waals surface area contributed by atoms with E-state index in [1.54, 1.807) is 50.7 Å². The molecule has 0 spiro atoms. The molecular weight excluding hydrogens is 366 g/mol. The Kier molecular flexibility index (Phi) is 5.66. The molecule has 27 heavy (non-hydrogen) atoms. The molecule has 1 aromatic heterocycles. The third-order valence-electron chi connectivity index (χ3n) is 4.19. The van der Waals surface area contributed by atoms with Gasteiger partial charge in [0, 0.05) is 36.1 Å². The summed E-state index contributed by atoms with van der Waals surface area (Å²) >= 11 is 6.02. The topological polar surface area (TPSA) is 65.4 Å². The molecule has 3 rings (SSSR count). The van der Waals surface area contributed by atoms with E-state index in [2.05, 4.69) is 10.3 Å². The number of aryl methyl sites for hydroxylation is 1. The Morgan fingerprint density at radius 1 is 1.15 bits per heavy atom. The summed E-state index contributed by atoms with van der Waals surface area (Å²) in [6.45, 7) is 0. The number of halogens is 1. The summed E-state index contributed by atoms with van der Waals surface area (Å²) in [6.07, 6.45) is 3.51. The van der Waals surface area contributed by atoms with Crippen molar-refractivity contribution in [2.24, 2.45) is 7.05 Å². The van der Waals surface area contributed by atoms with Gasteiger partial charge in [-0.15, -0.1) is 0 Å². The minimum absolute atomic E-state index is 0.257. The lowest BCUT2D eigenvalue weighted by molar-refractivity contribution is 0.0941. The smallest absolute Gasteiger partial charge is 0.252 e. The normalized spacial score (nSPS) is 11.7. The predicted octanol–water partition coefficient (Wildman–Crippen LogP) is 3.61. The molecule has 0 bridgehead atoms. The fourth-order valence-electron chi connectivity index (χ4n) is 2.79. The van der Waals surface area contributed by atoms with Gasteiger partial charge in [-0.25, -0.2) is 4.98 Å². The van der Waals surface area contributed by atoms with Crippen molar-refractivity contribution < 1.29 is 14.3 Å². The number of nitrogens with zero attached hydrogens (tertiary/aromatic N) is 2. The molecule has 1 atom stereocenters. The number of ether oxygens (including phenoxy) is 2. The summed E-state index contributed by atoms with van der Waals surface area (Å²) in [5.74, 6) is 1.68. The van der Waals surface area contributed by atoms with Crippen molar-refractivity contribution in [3.63, 3.8) is 0 Å². The van der Waals surface area contributed by atoms with Crippen molar-refractivity contribution in [1.82, 2.24) is 14.9 Å². The van der Waals surface area contributed by atoms with Crippen LogP contribution in [0, 0.1) is 0 Å². The highest BCUT2D eigenvalue weighted by molar-refractivity contribution is 6.30. The van der Waals surface area contributed by atoms with E-state index < -0.39 is 6.04 Å². The van der Waals surface area contributed by atoms with E-state index in [-0.39, 0.29) is 5.91 Å². The minimum Gasteiger partial charge on any atom is -0.497 e. The van der Waals surface area contributed by atoms with Crippen LogP contribution in [0.15, 0.2) is 54.9 Å². The summed E-state index contributed by atoms with van der Waals surface area (Å²) in [5, 5.41) is 3.53. The zero-order valence-corrected chi connectivity index (χ0v) is 16.0. The maximum atomic E-state index is 12.8. The van der Waals surface area contributed by atoms with E-state index in [1.807, 2.05) is 29.9 Å². The van der Waals surface area contributed by atoms with Crippen LogP contribution < -0.4 is 14.8 Å². The van der Waals surface area contributed by atoms with Crippen LogP contribution in [0.5, 0.6) is 11.5 Å². The Balaban J connectivity index is 2.02. The molecule has 1 unspecified atom stereocenters. The highest BCUT2D eigenvalue weighted by Gasteiger charge is 2.23. The number of methoxy groups -OCH3 is 2. The van der Waals surface area contributed by atoms with Crippen molar-refractivity contribution in [3.8, 4) is 11.5 Å². The Morgan fingerprint density at radius 3 is 2.41 bits per heavy atom. The van der Waals surface area contributed by atoms with E-state index in [0.717, 1.165) is 5.56 Å². The average molecular weight is 386 g/mol. The minimum atomic E-state index is -0.500. The van der Waals surface area contributed by atoms with Crippen LogP contribution in [0.25, 0.3) is 0 Å². The van der Waals surface area contributed by atoms with Gasteiger partial charge in [0.05, 0.1) is 14.2 Å². The zero-order valence-electron chi connectivity index (χ0n) is 15.3. The van der Waals surface area contributed by atoms with E-state index in [1.165, 1.54) is 0 Å². The molecule has 0 aliphatic rings. The van der Waals surface area contributed by atoms with Crippen molar-refractivity contribution >= 4 is 17.5 Å². The maximum Gasteiger partial charge on any atom is 0.252 e. The first-order valence-corrected chi connectivity index (χ1v) is 8.66. The standard InChI is InChI=1S/C20H20ClN3O3/c1-24-8-7-22-19(24)18(14-10-16(26-2)12-17(11-14)27-3)23-20(25)13-5-4-6-15(21)9-13/h4-12,18H,1-3H3,(H,23,25). The van der Waals surface area contributed by atoms with Crippen molar-refractivity contribution in [2.45, 2.75) is 6.04 Å². The predicted molar refractivity (Wildman–Crippen MR) is 104 cm³/mol. The number of aromatic nitrogens is 2. The highest BCUT2D eigenvalue weighted by atomic mass is 35.5. The molecule has 3 aromatic rings. The second-order valence-electron chi connectivity index (χ2n) is 5.96. The van der Waals surface area contributed by atoms with Crippen LogP contribution in [-0.2, 0) is 7.05 Å². The SMILES string of the molecule is COc1cc(OC)cc(C(NC(=O)c2cccc(Cl)c2)c2nccn2C)c1. The van der Waals surface area contributed by atoms with Crippen LogP contribution >= 0.6 is 11.6 Å². The molecule has 0 aliphatic carbocycles. The highest BCUT2D eigenvalue weighted by Crippen LogP contribution is 2.29. The first-order valence-electron chi connectivity index (χ1n) is 8.28. The maximum absolute atomic E-state index is 12.8. The van der Waals surface area contributed by atoms with Gasteiger partial charge in [-0.3, -0.25) is 4.79 Å². The van der Waals surface area contributed by atoms with Crippen LogP contribution in [0.4, 0.5) is 0 Å². The summed E-state index contributed by atoms with van der Waals surface area (Å²) < 4.78 is 12.6. The van der Waals surface area contributed by atoms with Crippen molar-refractivity contribution in [3.05, 3.63) is 76.8 Å². The van der Waals surface area contributed by atoms with Gasteiger partial charge >= 0.3 is 0 Å². The summed E-state index contributed by atoms with van der Waals surface area (Å²) in [4.78, 5) is 17.2. The summed E-state index contributed by atoms with van der Waals surface area (Å²) in [6, 6.07) is 11.8. The molecule has 140 valence electrons. The van der Waals surface area contributed by atoms with E-state index in [9.17, 15) is 4.79 Å². The van der Waals surface area contributed by atoms with Gasteiger partial charge < -0.3 is 19.4 Å².